The maximum absolute atomic E-state index is 11.1. The van der Waals surface area contributed by atoms with Crippen LogP contribution in [0.4, 0.5) is 4.79 Å². The molecule has 18 heavy (non-hydrogen) atoms. The summed E-state index contributed by atoms with van der Waals surface area (Å²) in [7, 11) is 0. The van der Waals surface area contributed by atoms with Crippen molar-refractivity contribution in [1.82, 2.24) is 0 Å². The van der Waals surface area contributed by atoms with E-state index in [1.165, 1.54) is 5.56 Å². The fourth-order valence-corrected chi connectivity index (χ4v) is 2.34. The Morgan fingerprint density at radius 2 is 1.89 bits per heavy atom. The van der Waals surface area contributed by atoms with Crippen molar-refractivity contribution >= 4 is 6.16 Å². The molecule has 1 aromatic carbocycles. The van der Waals surface area contributed by atoms with Gasteiger partial charge < -0.3 is 9.47 Å². The van der Waals surface area contributed by atoms with Crippen molar-refractivity contribution in [2.75, 3.05) is 0 Å². The van der Waals surface area contributed by atoms with Crippen molar-refractivity contribution in [3.63, 3.8) is 0 Å². The van der Waals surface area contributed by atoms with E-state index in [0.29, 0.717) is 0 Å². The van der Waals surface area contributed by atoms with Gasteiger partial charge in [-0.3, -0.25) is 0 Å². The molecule has 1 aliphatic carbocycles. The van der Waals surface area contributed by atoms with Crippen LogP contribution in [0.1, 0.15) is 12.0 Å². The molecule has 2 atom stereocenters. The molecule has 1 aliphatic heterocycles. The Morgan fingerprint density at radius 1 is 1.06 bits per heavy atom. The molecule has 0 N–H and O–H groups in total. The molecule has 0 bridgehead atoms. The fraction of sp³-hybridized carbons (Fsp3) is 0.267. The highest BCUT2D eigenvalue weighted by Gasteiger charge is 2.38. The van der Waals surface area contributed by atoms with Crippen LogP contribution in [0.2, 0.25) is 0 Å². The van der Waals surface area contributed by atoms with Crippen LogP contribution in [-0.4, -0.2) is 18.4 Å². The lowest BCUT2D eigenvalue weighted by Gasteiger charge is -2.18. The molecular formula is C15H14O3. The van der Waals surface area contributed by atoms with Crippen LogP contribution in [0.5, 0.6) is 0 Å². The highest BCUT2D eigenvalue weighted by Crippen LogP contribution is 2.28. The third-order valence-electron chi connectivity index (χ3n) is 3.28. The Kier molecular flexibility index (Phi) is 2.89. The minimum atomic E-state index is -0.567. The van der Waals surface area contributed by atoms with E-state index in [0.717, 1.165) is 18.4 Å². The molecule has 3 nitrogen and oxygen atoms in total. The maximum atomic E-state index is 11.1. The molecule has 0 amide bonds. The first kappa shape index (κ1) is 11.1. The van der Waals surface area contributed by atoms with E-state index in [-0.39, 0.29) is 12.2 Å². The van der Waals surface area contributed by atoms with Crippen LogP contribution in [0.15, 0.2) is 54.1 Å². The first-order valence-electron chi connectivity index (χ1n) is 6.11. The van der Waals surface area contributed by atoms with Crippen molar-refractivity contribution in [2.24, 2.45) is 0 Å². The van der Waals surface area contributed by atoms with Gasteiger partial charge in [0.1, 0.15) is 0 Å². The molecule has 0 aromatic heterocycles. The number of ether oxygens (including phenoxy) is 2. The van der Waals surface area contributed by atoms with E-state index in [2.05, 4.69) is 12.1 Å². The zero-order valence-corrected chi connectivity index (χ0v) is 9.91. The molecule has 0 saturated carbocycles. The van der Waals surface area contributed by atoms with Crippen molar-refractivity contribution in [3.05, 3.63) is 59.7 Å². The van der Waals surface area contributed by atoms with Crippen molar-refractivity contribution in [3.8, 4) is 0 Å². The van der Waals surface area contributed by atoms with Crippen molar-refractivity contribution < 1.29 is 14.3 Å². The van der Waals surface area contributed by atoms with Crippen LogP contribution in [0.25, 0.3) is 0 Å². The molecule has 2 unspecified atom stereocenters. The minimum Gasteiger partial charge on any atom is -0.422 e. The van der Waals surface area contributed by atoms with Crippen molar-refractivity contribution in [1.29, 1.82) is 0 Å². The van der Waals surface area contributed by atoms with E-state index in [4.69, 9.17) is 9.47 Å². The minimum absolute atomic E-state index is 0.230. The second-order valence-electron chi connectivity index (χ2n) is 4.48. The van der Waals surface area contributed by atoms with Crippen LogP contribution in [-0.2, 0) is 15.9 Å². The van der Waals surface area contributed by atoms with Crippen molar-refractivity contribution in [2.45, 2.75) is 25.0 Å². The van der Waals surface area contributed by atoms with E-state index < -0.39 is 6.16 Å². The normalized spacial score (nSPS) is 25.1. The highest BCUT2D eigenvalue weighted by molar-refractivity contribution is 5.64. The molecule has 1 saturated heterocycles. The Bertz CT molecular complexity index is 502. The Hall–Kier alpha value is -2.03. The Morgan fingerprint density at radius 3 is 2.72 bits per heavy atom. The highest BCUT2D eigenvalue weighted by atomic mass is 16.8. The zero-order chi connectivity index (χ0) is 12.4. The van der Waals surface area contributed by atoms with Gasteiger partial charge in [-0.1, -0.05) is 42.5 Å². The summed E-state index contributed by atoms with van der Waals surface area (Å²) in [4.78, 5) is 11.1. The molecule has 0 radical (unpaired) electrons. The predicted octanol–water partition coefficient (Wildman–Crippen LogP) is 3.02. The first-order chi connectivity index (χ1) is 8.83. The molecule has 1 fully saturated rings. The number of aryl methyl sites for hydroxylation is 1. The molecular weight excluding hydrogens is 228 g/mol. The Balaban J connectivity index is 1.68. The lowest BCUT2D eigenvalue weighted by atomic mass is 9.94. The van der Waals surface area contributed by atoms with Gasteiger partial charge in [0.15, 0.2) is 12.2 Å². The largest absolute Gasteiger partial charge is 0.509 e. The van der Waals surface area contributed by atoms with Gasteiger partial charge in [-0.15, -0.1) is 0 Å². The summed E-state index contributed by atoms with van der Waals surface area (Å²) >= 11 is 0. The summed E-state index contributed by atoms with van der Waals surface area (Å²) in [5.41, 5.74) is 2.41. The van der Waals surface area contributed by atoms with Gasteiger partial charge in [0.2, 0.25) is 0 Å². The number of benzene rings is 1. The zero-order valence-electron chi connectivity index (χ0n) is 9.91. The van der Waals surface area contributed by atoms with E-state index in [9.17, 15) is 4.79 Å². The van der Waals surface area contributed by atoms with Gasteiger partial charge in [-0.05, 0) is 30.1 Å². The second-order valence-corrected chi connectivity index (χ2v) is 4.48. The van der Waals surface area contributed by atoms with Gasteiger partial charge in [0, 0.05) is 0 Å². The van der Waals surface area contributed by atoms with Gasteiger partial charge in [-0.25, -0.2) is 4.79 Å². The smallest absolute Gasteiger partial charge is 0.422 e. The summed E-state index contributed by atoms with van der Waals surface area (Å²) in [5, 5.41) is 0. The van der Waals surface area contributed by atoms with E-state index in [1.807, 2.05) is 36.4 Å². The number of hydrogen-bond acceptors (Lipinski definition) is 3. The first-order valence-corrected chi connectivity index (χ1v) is 6.11. The third-order valence-corrected chi connectivity index (χ3v) is 3.28. The molecule has 2 aliphatic rings. The van der Waals surface area contributed by atoms with E-state index in [1.54, 1.807) is 0 Å². The van der Waals surface area contributed by atoms with Crippen LogP contribution < -0.4 is 0 Å². The molecule has 3 heteroatoms. The van der Waals surface area contributed by atoms with Crippen LogP contribution in [0, 0.1) is 0 Å². The molecule has 1 aromatic rings. The van der Waals surface area contributed by atoms with Crippen LogP contribution >= 0.6 is 0 Å². The predicted molar refractivity (Wildman–Crippen MR) is 67.1 cm³/mol. The summed E-state index contributed by atoms with van der Waals surface area (Å²) in [5.74, 6) is 0. The Labute approximate surface area is 106 Å². The standard InChI is InChI=1S/C15H14O3/c16-15-17-13-8-4-7-12(14(13)18-15)10-9-11-5-2-1-3-6-11/h1-8,13-14H,9-10H2. The monoisotopic (exact) mass is 242 g/mol. The maximum Gasteiger partial charge on any atom is 0.509 e. The summed E-state index contributed by atoms with van der Waals surface area (Å²) in [6.07, 6.45) is 6.60. The average Bonchev–Trinajstić information content (AvgIpc) is 2.78. The van der Waals surface area contributed by atoms with E-state index >= 15 is 0 Å². The second kappa shape index (κ2) is 4.69. The number of hydrogen-bond donors (Lipinski definition) is 0. The number of carbonyl (C=O) groups excluding carboxylic acids is 1. The summed E-state index contributed by atoms with van der Waals surface area (Å²) < 4.78 is 10.2. The van der Waals surface area contributed by atoms with Gasteiger partial charge >= 0.3 is 6.16 Å². The summed E-state index contributed by atoms with van der Waals surface area (Å²) in [6, 6.07) is 10.3. The summed E-state index contributed by atoms with van der Waals surface area (Å²) in [6.45, 7) is 0. The lowest BCUT2D eigenvalue weighted by molar-refractivity contribution is 0.121. The van der Waals surface area contributed by atoms with Gasteiger partial charge in [0.25, 0.3) is 0 Å². The fourth-order valence-electron chi connectivity index (χ4n) is 2.34. The quantitative estimate of drug-likeness (QED) is 0.764. The average molecular weight is 242 g/mol. The molecule has 1 heterocycles. The number of fused-ring (bicyclic) bond motifs is 1. The van der Waals surface area contributed by atoms with Gasteiger partial charge in [-0.2, -0.15) is 0 Å². The van der Waals surface area contributed by atoms with Crippen LogP contribution in [0.3, 0.4) is 0 Å². The lowest BCUT2D eigenvalue weighted by Crippen LogP contribution is -2.25. The number of carbonyl (C=O) groups is 1. The number of rotatable bonds is 3. The molecule has 3 rings (SSSR count). The third kappa shape index (κ3) is 2.16. The molecule has 92 valence electrons. The number of allylic oxidation sites excluding steroid dienone is 2. The molecule has 0 spiro atoms. The topological polar surface area (TPSA) is 35.5 Å². The van der Waals surface area contributed by atoms with Gasteiger partial charge in [0.05, 0.1) is 0 Å². The SMILES string of the molecule is O=C1OC2C=CC=C(CCc3ccccc3)C2O1.